The van der Waals surface area contributed by atoms with Gasteiger partial charge < -0.3 is 0 Å². The third kappa shape index (κ3) is 6.30. The van der Waals surface area contributed by atoms with Gasteiger partial charge >= 0.3 is 126 Å². The molecule has 1 aromatic rings. The molecule has 0 saturated heterocycles. The van der Waals surface area contributed by atoms with Crippen LogP contribution in [0.3, 0.4) is 0 Å². The molecule has 0 saturated carbocycles. The zero-order chi connectivity index (χ0) is 13.9. The first kappa shape index (κ1) is 21.0. The van der Waals surface area contributed by atoms with Crippen molar-refractivity contribution in [2.24, 2.45) is 0 Å². The summed E-state index contributed by atoms with van der Waals surface area (Å²) >= 11 is -0.122. The fraction of sp³-hybridized carbons (Fsp3) is 0.412. The van der Waals surface area contributed by atoms with Crippen molar-refractivity contribution < 1.29 is 19.4 Å². The maximum absolute atomic E-state index is 3.69. The Morgan fingerprint density at radius 2 is 1.81 bits per heavy atom. The molecule has 0 aromatic heterocycles. The van der Waals surface area contributed by atoms with Crippen molar-refractivity contribution in [1.82, 2.24) is 3.80 Å². The van der Waals surface area contributed by atoms with Gasteiger partial charge in [-0.05, 0) is 0 Å². The summed E-state index contributed by atoms with van der Waals surface area (Å²) in [5.41, 5.74) is 6.16. The van der Waals surface area contributed by atoms with Crippen molar-refractivity contribution in [3.8, 4) is 0 Å². The molecule has 1 nitrogen and oxygen atoms in total. The van der Waals surface area contributed by atoms with Gasteiger partial charge in [-0.1, -0.05) is 0 Å². The van der Waals surface area contributed by atoms with E-state index in [1.165, 1.54) is 27.0 Å². The molecule has 0 atom stereocenters. The molecular weight excluding hydrogens is 337 g/mol. The molecule has 0 fully saturated rings. The molecule has 0 heterocycles. The van der Waals surface area contributed by atoms with Crippen LogP contribution in [0.1, 0.15) is 45.2 Å². The maximum atomic E-state index is 3.69. The van der Waals surface area contributed by atoms with Crippen molar-refractivity contribution in [2.75, 3.05) is 0 Å². The van der Waals surface area contributed by atoms with Crippen LogP contribution in [0.25, 0.3) is 5.57 Å². The minimum Gasteiger partial charge on any atom is -0.147 e. The standard InChI is InChI=1S/C13H13.C4H10N.2ClH.Ti/c1-10-6-3-4-8-12(10)13-9-5-7-11(13)2;1-4(2,3)5;;;/h3-8H,1,9H2,2H3;5H,1-3H3;2*1H;/q;-1;;;+1. The Labute approximate surface area is 150 Å². The van der Waals surface area contributed by atoms with Gasteiger partial charge in [-0.25, -0.2) is 0 Å². The van der Waals surface area contributed by atoms with E-state index in [-0.39, 0.29) is 49.8 Å². The first-order valence-electron chi connectivity index (χ1n) is 6.92. The van der Waals surface area contributed by atoms with Crippen molar-refractivity contribution in [3.63, 3.8) is 0 Å². The van der Waals surface area contributed by atoms with E-state index in [9.17, 15) is 0 Å². The summed E-state index contributed by atoms with van der Waals surface area (Å²) in [6, 6.07) is 8.90. The minimum absolute atomic E-state index is 0. The number of hydrogen-bond acceptors (Lipinski definition) is 1. The van der Waals surface area contributed by atoms with Gasteiger partial charge in [0, 0.05) is 0 Å². The summed E-state index contributed by atoms with van der Waals surface area (Å²) in [5.74, 6) is 0. The smallest absolute Gasteiger partial charge is 0.147 e. The molecular formula is C17H25Cl2NTi. The SMILES string of the molecule is CC1=C(c2ccccc2[CH2][Ti][NH]C(C)(C)C)CC=C1.Cl.Cl. The summed E-state index contributed by atoms with van der Waals surface area (Å²) < 4.78 is 4.91. The van der Waals surface area contributed by atoms with E-state index in [4.69, 9.17) is 0 Å². The Kier molecular flexibility index (Phi) is 9.15. The second-order valence-electron chi connectivity index (χ2n) is 6.15. The molecule has 2 rings (SSSR count). The van der Waals surface area contributed by atoms with Crippen LogP contribution in [0.15, 0.2) is 42.0 Å². The summed E-state index contributed by atoms with van der Waals surface area (Å²) in [4.78, 5) is 0. The van der Waals surface area contributed by atoms with Gasteiger partial charge in [-0.2, -0.15) is 0 Å². The Morgan fingerprint density at radius 1 is 1.14 bits per heavy atom. The number of benzene rings is 1. The van der Waals surface area contributed by atoms with Crippen LogP contribution in [-0.2, 0) is 24.1 Å². The number of allylic oxidation sites excluding steroid dienone is 4. The molecule has 0 amide bonds. The molecule has 0 bridgehead atoms. The van der Waals surface area contributed by atoms with Crippen LogP contribution in [0, 0.1) is 0 Å². The van der Waals surface area contributed by atoms with Crippen molar-refractivity contribution in [1.29, 1.82) is 0 Å². The van der Waals surface area contributed by atoms with Crippen LogP contribution in [-0.4, -0.2) is 5.54 Å². The third-order valence-electron chi connectivity index (χ3n) is 3.25. The van der Waals surface area contributed by atoms with E-state index in [2.05, 4.69) is 67.9 Å². The molecule has 21 heavy (non-hydrogen) atoms. The van der Waals surface area contributed by atoms with Gasteiger partial charge in [0.2, 0.25) is 0 Å². The molecule has 0 radical (unpaired) electrons. The van der Waals surface area contributed by atoms with Gasteiger partial charge in [0.05, 0.1) is 0 Å². The average Bonchev–Trinajstić information content (AvgIpc) is 2.74. The molecule has 1 N–H and O–H groups in total. The molecule has 0 unspecified atom stereocenters. The Bertz CT molecular complexity index is 516. The van der Waals surface area contributed by atoms with E-state index >= 15 is 0 Å². The van der Waals surface area contributed by atoms with Crippen LogP contribution >= 0.6 is 24.8 Å². The second kappa shape index (κ2) is 9.17. The van der Waals surface area contributed by atoms with Gasteiger partial charge in [0.25, 0.3) is 0 Å². The Balaban J connectivity index is 0.00000200. The first-order chi connectivity index (χ1) is 8.97. The average molecular weight is 362 g/mol. The van der Waals surface area contributed by atoms with Crippen LogP contribution in [0.5, 0.6) is 0 Å². The zero-order valence-corrected chi connectivity index (χ0v) is 16.4. The van der Waals surface area contributed by atoms with E-state index in [1.54, 1.807) is 0 Å². The predicted octanol–water partition coefficient (Wildman–Crippen LogP) is 5.15. The summed E-state index contributed by atoms with van der Waals surface area (Å²) in [6.07, 6.45) is 5.61. The monoisotopic (exact) mass is 361 g/mol. The Hall–Kier alpha value is -0.0457. The van der Waals surface area contributed by atoms with Crippen LogP contribution in [0.2, 0.25) is 0 Å². The van der Waals surface area contributed by atoms with Gasteiger partial charge in [-0.3, -0.25) is 0 Å². The van der Waals surface area contributed by atoms with E-state index < -0.39 is 0 Å². The van der Waals surface area contributed by atoms with Gasteiger partial charge in [0.1, 0.15) is 0 Å². The topological polar surface area (TPSA) is 12.0 Å². The fourth-order valence-electron chi connectivity index (χ4n) is 2.31. The first-order valence-corrected chi connectivity index (χ1v) is 8.80. The van der Waals surface area contributed by atoms with E-state index in [0.717, 1.165) is 6.42 Å². The maximum Gasteiger partial charge on any atom is -0.147 e. The zero-order valence-electron chi connectivity index (χ0n) is 13.2. The van der Waals surface area contributed by atoms with E-state index in [0.29, 0.717) is 0 Å². The fourth-order valence-corrected chi connectivity index (χ4v) is 4.06. The summed E-state index contributed by atoms with van der Waals surface area (Å²) in [6.45, 7) is 8.96. The molecule has 116 valence electrons. The predicted molar refractivity (Wildman–Crippen MR) is 93.9 cm³/mol. The van der Waals surface area contributed by atoms with Crippen LogP contribution in [0.4, 0.5) is 0 Å². The van der Waals surface area contributed by atoms with Crippen molar-refractivity contribution >= 4 is 30.4 Å². The quantitative estimate of drug-likeness (QED) is 0.731. The third-order valence-corrected chi connectivity index (χ3v) is 5.57. The summed E-state index contributed by atoms with van der Waals surface area (Å²) in [7, 11) is 0. The Morgan fingerprint density at radius 3 is 2.38 bits per heavy atom. The second-order valence-corrected chi connectivity index (χ2v) is 7.65. The van der Waals surface area contributed by atoms with Crippen molar-refractivity contribution in [3.05, 3.63) is 53.1 Å². The molecule has 1 aliphatic carbocycles. The number of hydrogen-bond donors (Lipinski definition) is 1. The number of nitrogens with one attached hydrogen (secondary N) is 1. The molecule has 1 aromatic carbocycles. The van der Waals surface area contributed by atoms with Gasteiger partial charge in [0.15, 0.2) is 0 Å². The number of halogens is 2. The van der Waals surface area contributed by atoms with Crippen LogP contribution < -0.4 is 3.80 Å². The molecule has 0 aliphatic heterocycles. The number of rotatable bonds is 4. The molecule has 1 aliphatic rings. The normalized spacial score (nSPS) is 13.7. The molecule has 4 heteroatoms. The van der Waals surface area contributed by atoms with E-state index in [1.807, 2.05) is 0 Å². The minimum atomic E-state index is -0.122. The summed E-state index contributed by atoms with van der Waals surface area (Å²) in [5, 5.41) is 0. The van der Waals surface area contributed by atoms with Gasteiger partial charge in [-0.15, -0.1) is 24.8 Å². The van der Waals surface area contributed by atoms with Crippen molar-refractivity contribution in [2.45, 2.75) is 44.4 Å². The largest absolute Gasteiger partial charge is 0.147 e. The molecule has 0 spiro atoms.